The predicted molar refractivity (Wildman–Crippen MR) is 94.7 cm³/mol. The number of nitrogens with two attached hydrogens (primary N) is 1. The summed E-state index contributed by atoms with van der Waals surface area (Å²) >= 11 is 0. The van der Waals surface area contributed by atoms with Crippen LogP contribution in [0.3, 0.4) is 0 Å². The van der Waals surface area contributed by atoms with E-state index in [1.54, 1.807) is 6.20 Å². The van der Waals surface area contributed by atoms with E-state index in [4.69, 9.17) is 5.73 Å². The average molecular weight is 357 g/mol. The van der Waals surface area contributed by atoms with Crippen molar-refractivity contribution in [2.45, 2.75) is 26.1 Å². The van der Waals surface area contributed by atoms with Crippen LogP contribution in [0, 0.1) is 5.92 Å². The van der Waals surface area contributed by atoms with Crippen molar-refractivity contribution in [3.05, 3.63) is 54.1 Å². The SMILES string of the molecule is CC(C(=O)N1CCn2ccnc2C1)C(N)c1ccccc1.Cl.Cl. The molecule has 0 radical (unpaired) electrons. The molecule has 2 N–H and O–H groups in total. The molecule has 126 valence electrons. The molecule has 2 heterocycles. The molecule has 1 aliphatic heterocycles. The van der Waals surface area contributed by atoms with Crippen molar-refractivity contribution in [3.63, 3.8) is 0 Å². The number of halogens is 2. The number of hydrogen-bond donors (Lipinski definition) is 1. The molecule has 0 bridgehead atoms. The number of nitrogens with zero attached hydrogens (tertiary/aromatic N) is 3. The van der Waals surface area contributed by atoms with Crippen molar-refractivity contribution >= 4 is 30.7 Å². The van der Waals surface area contributed by atoms with Crippen LogP contribution in [-0.4, -0.2) is 26.9 Å². The Morgan fingerprint density at radius 3 is 2.61 bits per heavy atom. The number of carbonyl (C=O) groups excluding carboxylic acids is 1. The van der Waals surface area contributed by atoms with E-state index >= 15 is 0 Å². The van der Waals surface area contributed by atoms with Gasteiger partial charge in [-0.25, -0.2) is 4.98 Å². The number of benzene rings is 1. The first-order valence-electron chi connectivity index (χ1n) is 7.26. The van der Waals surface area contributed by atoms with Gasteiger partial charge in [0, 0.05) is 31.5 Å². The Labute approximate surface area is 148 Å². The largest absolute Gasteiger partial charge is 0.333 e. The number of imidazole rings is 1. The lowest BCUT2D eigenvalue weighted by Gasteiger charge is -2.31. The van der Waals surface area contributed by atoms with Gasteiger partial charge in [0.15, 0.2) is 0 Å². The van der Waals surface area contributed by atoms with Gasteiger partial charge < -0.3 is 15.2 Å². The number of rotatable bonds is 3. The van der Waals surface area contributed by atoms with Gasteiger partial charge >= 0.3 is 0 Å². The highest BCUT2D eigenvalue weighted by molar-refractivity contribution is 5.85. The zero-order chi connectivity index (χ0) is 14.8. The summed E-state index contributed by atoms with van der Waals surface area (Å²) in [6, 6.07) is 9.51. The van der Waals surface area contributed by atoms with Gasteiger partial charge in [0.2, 0.25) is 5.91 Å². The quantitative estimate of drug-likeness (QED) is 0.918. The topological polar surface area (TPSA) is 64.2 Å². The van der Waals surface area contributed by atoms with Crippen LogP contribution in [0.4, 0.5) is 0 Å². The van der Waals surface area contributed by atoms with Crippen molar-refractivity contribution in [3.8, 4) is 0 Å². The molecule has 7 heteroatoms. The maximum Gasteiger partial charge on any atom is 0.227 e. The van der Waals surface area contributed by atoms with Gasteiger partial charge in [-0.15, -0.1) is 24.8 Å². The van der Waals surface area contributed by atoms with Crippen LogP contribution < -0.4 is 5.73 Å². The first kappa shape index (κ1) is 19.5. The second-order valence-electron chi connectivity index (χ2n) is 5.52. The molecular weight excluding hydrogens is 335 g/mol. The standard InChI is InChI=1S/C16H20N4O.2ClH/c1-12(15(17)13-5-3-2-4-6-13)16(21)20-10-9-19-8-7-18-14(19)11-20;;/h2-8,12,15H,9-11,17H2,1H3;2*1H. The second-order valence-corrected chi connectivity index (χ2v) is 5.52. The molecule has 0 fully saturated rings. The normalized spacial score (nSPS) is 15.7. The number of carbonyl (C=O) groups is 1. The van der Waals surface area contributed by atoms with E-state index in [-0.39, 0.29) is 42.7 Å². The summed E-state index contributed by atoms with van der Waals surface area (Å²) in [7, 11) is 0. The highest BCUT2D eigenvalue weighted by Crippen LogP contribution is 2.22. The summed E-state index contributed by atoms with van der Waals surface area (Å²) in [5.74, 6) is 0.796. The van der Waals surface area contributed by atoms with E-state index in [9.17, 15) is 4.79 Å². The molecule has 2 unspecified atom stereocenters. The molecule has 3 rings (SSSR count). The van der Waals surface area contributed by atoms with Gasteiger partial charge in [0.05, 0.1) is 12.5 Å². The maximum atomic E-state index is 12.7. The zero-order valence-corrected chi connectivity index (χ0v) is 14.6. The van der Waals surface area contributed by atoms with Crippen molar-refractivity contribution in [1.82, 2.24) is 14.5 Å². The second kappa shape index (κ2) is 8.34. The van der Waals surface area contributed by atoms with Crippen LogP contribution in [0.5, 0.6) is 0 Å². The van der Waals surface area contributed by atoms with Crippen molar-refractivity contribution in [2.24, 2.45) is 11.7 Å². The van der Waals surface area contributed by atoms with Gasteiger partial charge in [-0.3, -0.25) is 4.79 Å². The fourth-order valence-electron chi connectivity index (χ4n) is 2.77. The van der Waals surface area contributed by atoms with E-state index in [1.165, 1.54) is 0 Å². The molecule has 1 aromatic carbocycles. The Balaban J connectivity index is 0.00000132. The molecule has 5 nitrogen and oxygen atoms in total. The smallest absolute Gasteiger partial charge is 0.227 e. The van der Waals surface area contributed by atoms with E-state index in [0.717, 1.165) is 17.9 Å². The van der Waals surface area contributed by atoms with Crippen LogP contribution in [0.25, 0.3) is 0 Å². The number of hydrogen-bond acceptors (Lipinski definition) is 3. The highest BCUT2D eigenvalue weighted by atomic mass is 35.5. The summed E-state index contributed by atoms with van der Waals surface area (Å²) in [5, 5.41) is 0. The van der Waals surface area contributed by atoms with Crippen molar-refractivity contribution in [1.29, 1.82) is 0 Å². The summed E-state index contributed by atoms with van der Waals surface area (Å²) in [6.45, 7) is 3.99. The molecule has 23 heavy (non-hydrogen) atoms. The molecular formula is C16H22Cl2N4O. The molecule has 0 aliphatic carbocycles. The van der Waals surface area contributed by atoms with Crippen LogP contribution >= 0.6 is 24.8 Å². The molecule has 1 aromatic heterocycles. The molecule has 0 spiro atoms. The first-order valence-corrected chi connectivity index (χ1v) is 7.26. The van der Waals surface area contributed by atoms with Crippen LogP contribution in [0.2, 0.25) is 0 Å². The third-order valence-electron chi connectivity index (χ3n) is 4.17. The third-order valence-corrected chi connectivity index (χ3v) is 4.17. The highest BCUT2D eigenvalue weighted by Gasteiger charge is 2.29. The number of fused-ring (bicyclic) bond motifs is 1. The van der Waals surface area contributed by atoms with Crippen molar-refractivity contribution in [2.75, 3.05) is 6.54 Å². The number of aromatic nitrogens is 2. The minimum atomic E-state index is -0.277. The van der Waals surface area contributed by atoms with Crippen molar-refractivity contribution < 1.29 is 4.79 Å². The summed E-state index contributed by atoms with van der Waals surface area (Å²) in [4.78, 5) is 18.8. The Kier molecular flexibility index (Phi) is 7.06. The van der Waals surface area contributed by atoms with E-state index in [0.29, 0.717) is 13.1 Å². The maximum absolute atomic E-state index is 12.7. The summed E-state index contributed by atoms with van der Waals surface area (Å²) in [6.07, 6.45) is 3.73. The van der Waals surface area contributed by atoms with E-state index in [2.05, 4.69) is 9.55 Å². The zero-order valence-electron chi connectivity index (χ0n) is 13.0. The minimum absolute atomic E-state index is 0. The molecule has 0 saturated carbocycles. The first-order chi connectivity index (χ1) is 10.2. The van der Waals surface area contributed by atoms with Gasteiger partial charge in [0.25, 0.3) is 0 Å². The van der Waals surface area contributed by atoms with E-state index in [1.807, 2.05) is 48.4 Å². The fourth-order valence-corrected chi connectivity index (χ4v) is 2.77. The lowest BCUT2D eigenvalue weighted by atomic mass is 9.94. The Morgan fingerprint density at radius 1 is 1.22 bits per heavy atom. The minimum Gasteiger partial charge on any atom is -0.333 e. The van der Waals surface area contributed by atoms with Crippen LogP contribution in [-0.2, 0) is 17.9 Å². The van der Waals surface area contributed by atoms with Gasteiger partial charge in [-0.2, -0.15) is 0 Å². The monoisotopic (exact) mass is 356 g/mol. The Bertz CT molecular complexity index is 632. The lowest BCUT2D eigenvalue weighted by molar-refractivity contribution is -0.137. The summed E-state index contributed by atoms with van der Waals surface area (Å²) in [5.41, 5.74) is 7.25. The van der Waals surface area contributed by atoms with Gasteiger partial charge in [-0.05, 0) is 5.56 Å². The fraction of sp³-hybridized carbons (Fsp3) is 0.375. The van der Waals surface area contributed by atoms with Gasteiger partial charge in [-0.1, -0.05) is 37.3 Å². The lowest BCUT2D eigenvalue weighted by Crippen LogP contribution is -2.43. The Morgan fingerprint density at radius 2 is 1.91 bits per heavy atom. The molecule has 1 amide bonds. The molecule has 2 atom stereocenters. The Hall–Kier alpha value is -1.56. The molecule has 0 saturated heterocycles. The van der Waals surface area contributed by atoms with Gasteiger partial charge in [0.1, 0.15) is 5.82 Å². The third kappa shape index (κ3) is 4.05. The molecule has 2 aromatic rings. The predicted octanol–water partition coefficient (Wildman–Crippen LogP) is 2.41. The van der Waals surface area contributed by atoms with Crippen LogP contribution in [0.15, 0.2) is 42.7 Å². The van der Waals surface area contributed by atoms with E-state index < -0.39 is 0 Å². The molecule has 1 aliphatic rings. The van der Waals surface area contributed by atoms with Crippen LogP contribution in [0.1, 0.15) is 24.4 Å². The number of amides is 1. The average Bonchev–Trinajstić information content (AvgIpc) is 3.01. The summed E-state index contributed by atoms with van der Waals surface area (Å²) < 4.78 is 2.09.